The first-order valence-corrected chi connectivity index (χ1v) is 6.84. The van der Waals surface area contributed by atoms with Gasteiger partial charge in [0.1, 0.15) is 0 Å². The van der Waals surface area contributed by atoms with E-state index < -0.39 is 5.97 Å². The van der Waals surface area contributed by atoms with Gasteiger partial charge in [-0.25, -0.2) is 0 Å². The maximum absolute atomic E-state index is 10.5. The summed E-state index contributed by atoms with van der Waals surface area (Å²) >= 11 is 1.69. The normalized spacial score (nSPS) is 24.2. The fraction of sp³-hybridized carbons (Fsp3) is 0.909. The Kier molecular flexibility index (Phi) is 6.16. The molecular weight excluding hydrogens is 226 g/mol. The Morgan fingerprint density at radius 3 is 3.06 bits per heavy atom. The maximum Gasteiger partial charge on any atom is 0.304 e. The number of carboxylic acids is 1. The van der Waals surface area contributed by atoms with Crippen LogP contribution in [-0.2, 0) is 9.53 Å². The van der Waals surface area contributed by atoms with Gasteiger partial charge in [-0.2, -0.15) is 11.8 Å². The second-order valence-corrected chi connectivity index (χ2v) is 5.60. The van der Waals surface area contributed by atoms with Crippen molar-refractivity contribution in [1.29, 1.82) is 0 Å². The Morgan fingerprint density at radius 1 is 1.69 bits per heavy atom. The summed E-state index contributed by atoms with van der Waals surface area (Å²) in [5.74, 6) is 0.171. The molecule has 1 aliphatic rings. The summed E-state index contributed by atoms with van der Waals surface area (Å²) in [7, 11) is 0. The Morgan fingerprint density at radius 2 is 2.44 bits per heavy atom. The number of morpholine rings is 1. The molecule has 0 aliphatic carbocycles. The average molecular weight is 247 g/mol. The molecule has 0 aromatic heterocycles. The average Bonchev–Trinajstić information content (AvgIpc) is 2.26. The molecule has 1 N–H and O–H groups in total. The lowest BCUT2D eigenvalue weighted by atomic mass is 10.3. The summed E-state index contributed by atoms with van der Waals surface area (Å²) in [4.78, 5) is 12.9. The lowest BCUT2D eigenvalue weighted by Gasteiger charge is -2.32. The highest BCUT2D eigenvalue weighted by molar-refractivity contribution is 7.99. The maximum atomic E-state index is 10.5. The molecule has 1 fully saturated rings. The van der Waals surface area contributed by atoms with Gasteiger partial charge in [0.15, 0.2) is 0 Å². The van der Waals surface area contributed by atoms with Gasteiger partial charge in [-0.3, -0.25) is 9.69 Å². The minimum atomic E-state index is -0.722. The van der Waals surface area contributed by atoms with Crippen molar-refractivity contribution in [3.63, 3.8) is 0 Å². The van der Waals surface area contributed by atoms with E-state index in [9.17, 15) is 4.79 Å². The van der Waals surface area contributed by atoms with Crippen LogP contribution in [0.3, 0.4) is 0 Å². The minimum absolute atomic E-state index is 0.165. The number of rotatable bonds is 6. The number of aliphatic carboxylic acids is 1. The molecule has 16 heavy (non-hydrogen) atoms. The van der Waals surface area contributed by atoms with Crippen LogP contribution in [0.1, 0.15) is 20.3 Å². The summed E-state index contributed by atoms with van der Waals surface area (Å²) in [5, 5.41) is 8.81. The van der Waals surface area contributed by atoms with E-state index in [2.05, 4.69) is 11.8 Å². The molecule has 1 aliphatic heterocycles. The van der Waals surface area contributed by atoms with Crippen LogP contribution in [-0.4, -0.2) is 59.3 Å². The predicted molar refractivity (Wildman–Crippen MR) is 66.0 cm³/mol. The third-order valence-electron chi connectivity index (χ3n) is 2.70. The number of ether oxygens (including phenoxy) is 1. The molecule has 0 radical (unpaired) electrons. The van der Waals surface area contributed by atoms with Gasteiger partial charge in [0.05, 0.1) is 19.1 Å². The van der Waals surface area contributed by atoms with Crippen molar-refractivity contribution in [2.24, 2.45) is 0 Å². The van der Waals surface area contributed by atoms with Crippen molar-refractivity contribution in [3.8, 4) is 0 Å². The first kappa shape index (κ1) is 13.8. The first-order valence-electron chi connectivity index (χ1n) is 5.79. The molecule has 0 aromatic carbocycles. The second kappa shape index (κ2) is 7.14. The van der Waals surface area contributed by atoms with E-state index in [0.717, 1.165) is 32.0 Å². The van der Waals surface area contributed by atoms with Crippen molar-refractivity contribution >= 4 is 17.7 Å². The number of likely N-dealkylation sites (N-methyl/N-ethyl adjacent to an activating group) is 1. The second-order valence-electron chi connectivity index (χ2n) is 4.13. The fourth-order valence-corrected chi connectivity index (χ4v) is 2.75. The Balaban J connectivity index is 2.18. The molecule has 0 saturated carbocycles. The molecule has 1 rings (SSSR count). The van der Waals surface area contributed by atoms with Gasteiger partial charge in [0.25, 0.3) is 0 Å². The number of hydrogen-bond acceptors (Lipinski definition) is 4. The van der Waals surface area contributed by atoms with Gasteiger partial charge in [-0.1, -0.05) is 13.8 Å². The van der Waals surface area contributed by atoms with Gasteiger partial charge >= 0.3 is 5.97 Å². The molecule has 0 aromatic rings. The van der Waals surface area contributed by atoms with Crippen LogP contribution in [0.4, 0.5) is 0 Å². The quantitative estimate of drug-likeness (QED) is 0.767. The van der Waals surface area contributed by atoms with Crippen LogP contribution in [0.5, 0.6) is 0 Å². The summed E-state index contributed by atoms with van der Waals surface area (Å²) in [5.41, 5.74) is 0. The SMILES string of the molecule is CCN1CCOC(CSC(C)CC(=O)O)C1. The van der Waals surface area contributed by atoms with Crippen molar-refractivity contribution in [3.05, 3.63) is 0 Å². The van der Waals surface area contributed by atoms with Crippen LogP contribution in [0.15, 0.2) is 0 Å². The molecule has 2 atom stereocenters. The third-order valence-corrected chi connectivity index (χ3v) is 4.00. The van der Waals surface area contributed by atoms with Crippen molar-refractivity contribution in [2.75, 3.05) is 32.0 Å². The monoisotopic (exact) mass is 247 g/mol. The number of nitrogens with zero attached hydrogens (tertiary/aromatic N) is 1. The highest BCUT2D eigenvalue weighted by atomic mass is 32.2. The Bertz CT molecular complexity index is 225. The van der Waals surface area contributed by atoms with E-state index in [1.54, 1.807) is 11.8 Å². The minimum Gasteiger partial charge on any atom is -0.481 e. The molecule has 0 amide bonds. The Labute approximate surface area is 101 Å². The van der Waals surface area contributed by atoms with Gasteiger partial charge in [0.2, 0.25) is 0 Å². The van der Waals surface area contributed by atoms with Gasteiger partial charge < -0.3 is 9.84 Å². The smallest absolute Gasteiger partial charge is 0.304 e. The summed E-state index contributed by atoms with van der Waals surface area (Å²) < 4.78 is 5.66. The van der Waals surface area contributed by atoms with E-state index in [0.29, 0.717) is 0 Å². The lowest BCUT2D eigenvalue weighted by molar-refractivity contribution is -0.136. The zero-order valence-corrected chi connectivity index (χ0v) is 10.8. The Hall–Kier alpha value is -0.260. The zero-order valence-electron chi connectivity index (χ0n) is 10.0. The molecule has 5 heteroatoms. The third kappa shape index (κ3) is 5.18. The standard InChI is InChI=1S/C11H21NO3S/c1-3-12-4-5-15-10(7-12)8-16-9(2)6-11(13)14/h9-10H,3-8H2,1-2H3,(H,13,14). The van der Waals surface area contributed by atoms with Crippen molar-refractivity contribution in [1.82, 2.24) is 4.90 Å². The van der Waals surface area contributed by atoms with Crippen molar-refractivity contribution < 1.29 is 14.6 Å². The molecule has 2 unspecified atom stereocenters. The van der Waals surface area contributed by atoms with Crippen LogP contribution in [0.2, 0.25) is 0 Å². The van der Waals surface area contributed by atoms with E-state index in [4.69, 9.17) is 9.84 Å². The number of hydrogen-bond donors (Lipinski definition) is 1. The highest BCUT2D eigenvalue weighted by Gasteiger charge is 2.20. The van der Waals surface area contributed by atoms with Crippen LogP contribution in [0.25, 0.3) is 0 Å². The van der Waals surface area contributed by atoms with Gasteiger partial charge in [0, 0.05) is 24.1 Å². The molecule has 1 saturated heterocycles. The predicted octanol–water partition coefficient (Wildman–Crippen LogP) is 1.30. The van der Waals surface area contributed by atoms with Gasteiger partial charge in [-0.15, -0.1) is 0 Å². The van der Waals surface area contributed by atoms with Crippen molar-refractivity contribution in [2.45, 2.75) is 31.6 Å². The summed E-state index contributed by atoms with van der Waals surface area (Å²) in [6.07, 6.45) is 0.490. The van der Waals surface area contributed by atoms with E-state index in [1.807, 2.05) is 6.92 Å². The first-order chi connectivity index (χ1) is 7.61. The van der Waals surface area contributed by atoms with E-state index >= 15 is 0 Å². The molecular formula is C11H21NO3S. The van der Waals surface area contributed by atoms with Crippen LogP contribution in [0, 0.1) is 0 Å². The molecule has 0 spiro atoms. The fourth-order valence-electron chi connectivity index (χ4n) is 1.74. The van der Waals surface area contributed by atoms with Crippen LogP contribution >= 0.6 is 11.8 Å². The molecule has 4 nitrogen and oxygen atoms in total. The van der Waals surface area contributed by atoms with Crippen LogP contribution < -0.4 is 0 Å². The number of carboxylic acid groups (broad SMARTS) is 1. The number of thioether (sulfide) groups is 1. The largest absolute Gasteiger partial charge is 0.481 e. The summed E-state index contributed by atoms with van der Waals surface area (Å²) in [6, 6.07) is 0. The topological polar surface area (TPSA) is 49.8 Å². The van der Waals surface area contributed by atoms with Gasteiger partial charge in [-0.05, 0) is 6.54 Å². The molecule has 1 heterocycles. The van der Waals surface area contributed by atoms with E-state index in [-0.39, 0.29) is 17.8 Å². The zero-order chi connectivity index (χ0) is 12.0. The summed E-state index contributed by atoms with van der Waals surface area (Å²) in [6.45, 7) is 7.97. The van der Waals surface area contributed by atoms with E-state index in [1.165, 1.54) is 0 Å². The lowest BCUT2D eigenvalue weighted by Crippen LogP contribution is -2.43. The molecule has 0 bridgehead atoms. The highest BCUT2D eigenvalue weighted by Crippen LogP contribution is 2.18. The molecule has 94 valence electrons. The number of carbonyl (C=O) groups is 1.